The molecular weight excluding hydrogens is 494 g/mol. The van der Waals surface area contributed by atoms with Crippen molar-refractivity contribution < 1.29 is 19.2 Å². The summed E-state index contributed by atoms with van der Waals surface area (Å²) in [5, 5.41) is 11.9. The molecule has 9 heteroatoms. The molecule has 200 valence electrons. The Labute approximate surface area is 227 Å². The highest BCUT2D eigenvalue weighted by molar-refractivity contribution is 6.07. The lowest BCUT2D eigenvalue weighted by Crippen LogP contribution is -2.56. The summed E-state index contributed by atoms with van der Waals surface area (Å²) in [5.74, 6) is -1.35. The van der Waals surface area contributed by atoms with E-state index in [0.717, 1.165) is 11.1 Å². The van der Waals surface area contributed by atoms with Crippen molar-refractivity contribution in [1.82, 2.24) is 16.0 Å². The molecule has 0 saturated carbocycles. The lowest BCUT2D eigenvalue weighted by molar-refractivity contribution is -0.130. The number of benzene rings is 3. The fourth-order valence-electron chi connectivity index (χ4n) is 5.01. The Hall–Kier alpha value is -4.66. The predicted molar refractivity (Wildman–Crippen MR) is 148 cm³/mol. The number of anilines is 2. The molecule has 3 aromatic carbocycles. The molecule has 0 aliphatic carbocycles. The molecule has 2 heterocycles. The summed E-state index contributed by atoms with van der Waals surface area (Å²) in [4.78, 5) is 53.5. The van der Waals surface area contributed by atoms with Gasteiger partial charge in [-0.05, 0) is 36.1 Å². The second-order valence-corrected chi connectivity index (χ2v) is 9.70. The van der Waals surface area contributed by atoms with Crippen molar-refractivity contribution >= 4 is 35.0 Å². The van der Waals surface area contributed by atoms with Gasteiger partial charge in [0.1, 0.15) is 18.6 Å². The third-order valence-electron chi connectivity index (χ3n) is 7.02. The summed E-state index contributed by atoms with van der Waals surface area (Å²) in [6.07, 6.45) is 1.29. The van der Waals surface area contributed by atoms with Gasteiger partial charge in [0.15, 0.2) is 0 Å². The van der Waals surface area contributed by atoms with Crippen LogP contribution in [0.3, 0.4) is 0 Å². The monoisotopic (exact) mass is 525 g/mol. The van der Waals surface area contributed by atoms with Crippen LogP contribution in [-0.2, 0) is 25.6 Å². The number of amides is 4. The maximum absolute atomic E-state index is 14.1. The van der Waals surface area contributed by atoms with Gasteiger partial charge in [-0.3, -0.25) is 24.1 Å². The van der Waals surface area contributed by atoms with E-state index in [1.807, 2.05) is 72.8 Å². The molecule has 0 bridgehead atoms. The Bertz CT molecular complexity index is 1350. The smallest absolute Gasteiger partial charge is 0.252 e. The molecule has 0 unspecified atom stereocenters. The first kappa shape index (κ1) is 26.0. The third kappa shape index (κ3) is 6.09. The van der Waals surface area contributed by atoms with E-state index in [1.54, 1.807) is 12.1 Å². The van der Waals surface area contributed by atoms with Crippen LogP contribution in [-0.4, -0.2) is 48.8 Å². The molecule has 39 heavy (non-hydrogen) atoms. The van der Waals surface area contributed by atoms with Gasteiger partial charge < -0.3 is 21.3 Å². The molecule has 5 rings (SSSR count). The molecule has 3 aromatic rings. The van der Waals surface area contributed by atoms with E-state index in [-0.39, 0.29) is 24.8 Å². The number of nitrogens with one attached hydrogen (secondary N) is 4. The van der Waals surface area contributed by atoms with Crippen molar-refractivity contribution in [3.05, 3.63) is 96.1 Å². The van der Waals surface area contributed by atoms with Gasteiger partial charge in [0.2, 0.25) is 17.7 Å². The average Bonchev–Trinajstić information content (AvgIpc) is 3.36. The normalized spacial score (nSPS) is 20.3. The van der Waals surface area contributed by atoms with Gasteiger partial charge >= 0.3 is 0 Å². The lowest BCUT2D eigenvalue weighted by atomic mass is 9.97. The van der Waals surface area contributed by atoms with E-state index < -0.39 is 29.9 Å². The van der Waals surface area contributed by atoms with Crippen LogP contribution in [0.1, 0.15) is 30.0 Å². The molecule has 0 radical (unpaired) electrons. The number of hydrogen-bond donors (Lipinski definition) is 4. The summed E-state index contributed by atoms with van der Waals surface area (Å²) >= 11 is 0. The minimum Gasteiger partial charge on any atom is -0.374 e. The molecule has 0 aromatic heterocycles. The Morgan fingerprint density at radius 3 is 2.28 bits per heavy atom. The number of carbonyl (C=O) groups is 4. The molecule has 2 aliphatic rings. The summed E-state index contributed by atoms with van der Waals surface area (Å²) in [7, 11) is 0. The zero-order valence-corrected chi connectivity index (χ0v) is 21.4. The SMILES string of the molecule is O=C(CN1C(=O)[C@@H](NC(=O)[C@@H]2CCC(=O)N2)[C@@H](c2ccccc2)Nc2ccccc21)NCCc1ccccc1. The number of carbonyl (C=O) groups excluding carboxylic acids is 4. The quantitative estimate of drug-likeness (QED) is 0.360. The van der Waals surface area contributed by atoms with Crippen molar-refractivity contribution in [3.63, 3.8) is 0 Å². The van der Waals surface area contributed by atoms with E-state index in [1.165, 1.54) is 4.90 Å². The molecule has 2 aliphatic heterocycles. The fraction of sp³-hybridized carbons (Fsp3) is 0.267. The second kappa shape index (κ2) is 11.8. The van der Waals surface area contributed by atoms with Crippen LogP contribution >= 0.6 is 0 Å². The van der Waals surface area contributed by atoms with Crippen molar-refractivity contribution in [3.8, 4) is 0 Å². The fourth-order valence-corrected chi connectivity index (χ4v) is 5.01. The molecule has 9 nitrogen and oxygen atoms in total. The second-order valence-electron chi connectivity index (χ2n) is 9.70. The van der Waals surface area contributed by atoms with Gasteiger partial charge in [-0.25, -0.2) is 0 Å². The molecule has 1 saturated heterocycles. The predicted octanol–water partition coefficient (Wildman–Crippen LogP) is 2.31. The Kier molecular flexibility index (Phi) is 7.86. The lowest BCUT2D eigenvalue weighted by Gasteiger charge is -2.29. The number of rotatable bonds is 8. The highest BCUT2D eigenvalue weighted by atomic mass is 16.2. The number of hydrogen-bond acceptors (Lipinski definition) is 5. The number of fused-ring (bicyclic) bond motifs is 1. The van der Waals surface area contributed by atoms with E-state index in [0.29, 0.717) is 30.8 Å². The summed E-state index contributed by atoms with van der Waals surface area (Å²) < 4.78 is 0. The van der Waals surface area contributed by atoms with Crippen LogP contribution in [0.5, 0.6) is 0 Å². The van der Waals surface area contributed by atoms with E-state index in [9.17, 15) is 19.2 Å². The Balaban J connectivity index is 1.40. The standard InChI is InChI=1S/C30H31N5O4/c36-25-16-15-23(32-25)29(38)34-28-27(21-11-5-2-6-12-21)33-22-13-7-8-14-24(22)35(30(28)39)19-26(37)31-18-17-20-9-3-1-4-10-20/h1-14,23,27-28,33H,15-19H2,(H,31,37)(H,32,36)(H,34,38)/t23-,27+,28-/m0/s1. The molecule has 0 spiro atoms. The average molecular weight is 526 g/mol. The summed E-state index contributed by atoms with van der Waals surface area (Å²) in [5.41, 5.74) is 3.12. The summed E-state index contributed by atoms with van der Waals surface area (Å²) in [6, 6.07) is 24.2. The van der Waals surface area contributed by atoms with Gasteiger partial charge in [-0.15, -0.1) is 0 Å². The molecule has 3 atom stereocenters. The topological polar surface area (TPSA) is 120 Å². The van der Waals surface area contributed by atoms with Gasteiger partial charge in [0.25, 0.3) is 5.91 Å². The molecule has 4 N–H and O–H groups in total. The van der Waals surface area contributed by atoms with Crippen molar-refractivity contribution in [2.24, 2.45) is 0 Å². The van der Waals surface area contributed by atoms with E-state index in [2.05, 4.69) is 21.3 Å². The van der Waals surface area contributed by atoms with Crippen LogP contribution < -0.4 is 26.2 Å². The molecule has 1 fully saturated rings. The van der Waals surface area contributed by atoms with Crippen molar-refractivity contribution in [2.45, 2.75) is 37.4 Å². The Morgan fingerprint density at radius 2 is 1.56 bits per heavy atom. The zero-order chi connectivity index (χ0) is 27.2. The van der Waals surface area contributed by atoms with Crippen molar-refractivity contribution in [2.75, 3.05) is 23.3 Å². The van der Waals surface area contributed by atoms with E-state index >= 15 is 0 Å². The minimum absolute atomic E-state index is 0.193. The highest BCUT2D eigenvalue weighted by Gasteiger charge is 2.41. The van der Waals surface area contributed by atoms with Crippen LogP contribution in [0.2, 0.25) is 0 Å². The summed E-state index contributed by atoms with van der Waals surface area (Å²) in [6.45, 7) is 0.222. The van der Waals surface area contributed by atoms with Gasteiger partial charge in [-0.2, -0.15) is 0 Å². The van der Waals surface area contributed by atoms with Gasteiger partial charge in [-0.1, -0.05) is 72.8 Å². The van der Waals surface area contributed by atoms with Crippen LogP contribution in [0.4, 0.5) is 11.4 Å². The van der Waals surface area contributed by atoms with Gasteiger partial charge in [0, 0.05) is 13.0 Å². The molecule has 4 amide bonds. The Morgan fingerprint density at radius 1 is 0.872 bits per heavy atom. The van der Waals surface area contributed by atoms with Crippen molar-refractivity contribution in [1.29, 1.82) is 0 Å². The largest absolute Gasteiger partial charge is 0.374 e. The first-order valence-corrected chi connectivity index (χ1v) is 13.1. The van der Waals surface area contributed by atoms with Crippen LogP contribution in [0, 0.1) is 0 Å². The first-order chi connectivity index (χ1) is 19.0. The maximum atomic E-state index is 14.1. The van der Waals surface area contributed by atoms with Crippen LogP contribution in [0.25, 0.3) is 0 Å². The maximum Gasteiger partial charge on any atom is 0.252 e. The molecular formula is C30H31N5O4. The number of nitrogens with zero attached hydrogens (tertiary/aromatic N) is 1. The van der Waals surface area contributed by atoms with Gasteiger partial charge in [0.05, 0.1) is 17.4 Å². The number of para-hydroxylation sites is 2. The highest BCUT2D eigenvalue weighted by Crippen LogP contribution is 2.35. The third-order valence-corrected chi connectivity index (χ3v) is 7.02. The van der Waals surface area contributed by atoms with Crippen LogP contribution in [0.15, 0.2) is 84.9 Å². The minimum atomic E-state index is -1.03. The first-order valence-electron chi connectivity index (χ1n) is 13.1. The van der Waals surface area contributed by atoms with E-state index in [4.69, 9.17) is 0 Å². The zero-order valence-electron chi connectivity index (χ0n) is 21.4.